The molecular weight excluding hydrogens is 192 g/mol. The molecule has 0 spiro atoms. The molecule has 1 heterocycles. The Morgan fingerprint density at radius 3 is 2.83 bits per heavy atom. The van der Waals surface area contributed by atoms with Crippen molar-refractivity contribution in [2.45, 2.75) is 13.0 Å². The van der Waals surface area contributed by atoms with Gasteiger partial charge in [0.25, 0.3) is 0 Å². The Kier molecular flexibility index (Phi) is 3.34. The van der Waals surface area contributed by atoms with Crippen LogP contribution in [0.3, 0.4) is 0 Å². The summed E-state index contributed by atoms with van der Waals surface area (Å²) in [5.74, 6) is 1.89. The average Bonchev–Trinajstić information content (AvgIpc) is 2.04. The number of carbonyl (C=O) groups excluding carboxylic acids is 1. The molecule has 1 unspecified atom stereocenters. The van der Waals surface area contributed by atoms with Crippen molar-refractivity contribution in [3.63, 3.8) is 0 Å². The number of nitrogens with zero attached hydrogens (tertiary/aromatic N) is 1. The molecule has 1 rings (SSSR count). The summed E-state index contributed by atoms with van der Waals surface area (Å²) in [4.78, 5) is 13.3. The number of carbonyl (C=O) groups is 1. The molecule has 3 nitrogen and oxygen atoms in total. The van der Waals surface area contributed by atoms with Gasteiger partial charge in [0.1, 0.15) is 0 Å². The number of amides is 1. The zero-order chi connectivity index (χ0) is 9.14. The normalized spacial score (nSPS) is 23.8. The number of nitrogens with two attached hydrogens (primary N) is 1. The molecule has 2 N–H and O–H groups in total. The van der Waals surface area contributed by atoms with Gasteiger partial charge >= 0.3 is 0 Å². The summed E-state index contributed by atoms with van der Waals surface area (Å²) in [6, 6.07) is -0.0313. The Hall–Kier alpha value is -0.290. The van der Waals surface area contributed by atoms with Crippen molar-refractivity contribution in [1.29, 1.82) is 0 Å². The molecule has 5 heteroatoms. The van der Waals surface area contributed by atoms with Crippen molar-refractivity contribution in [2.75, 3.05) is 18.1 Å². The predicted octanol–water partition coefficient (Wildman–Crippen LogP) is 0.236. The van der Waals surface area contributed by atoms with Crippen molar-refractivity contribution < 1.29 is 4.79 Å². The molecule has 1 atom stereocenters. The van der Waals surface area contributed by atoms with Gasteiger partial charge in [-0.1, -0.05) is 12.2 Å². The summed E-state index contributed by atoms with van der Waals surface area (Å²) in [5, 5.41) is 0. The minimum atomic E-state index is -0.0313. The molecule has 0 saturated carbocycles. The van der Waals surface area contributed by atoms with Crippen LogP contribution in [0.15, 0.2) is 0 Å². The van der Waals surface area contributed by atoms with E-state index in [1.54, 1.807) is 23.6 Å². The third-order valence-electron chi connectivity index (χ3n) is 1.86. The maximum atomic E-state index is 11.1. The maximum absolute atomic E-state index is 11.1. The quantitative estimate of drug-likeness (QED) is 0.621. The lowest BCUT2D eigenvalue weighted by molar-refractivity contribution is -0.129. The van der Waals surface area contributed by atoms with Crippen molar-refractivity contribution in [1.82, 2.24) is 4.90 Å². The Morgan fingerprint density at radius 2 is 2.42 bits per heavy atom. The van der Waals surface area contributed by atoms with Gasteiger partial charge in [-0.2, -0.15) is 11.8 Å². The van der Waals surface area contributed by atoms with Gasteiger partial charge in [0.2, 0.25) is 5.91 Å². The van der Waals surface area contributed by atoms with Gasteiger partial charge in [-0.15, -0.1) is 0 Å². The van der Waals surface area contributed by atoms with Crippen LogP contribution < -0.4 is 5.73 Å². The van der Waals surface area contributed by atoms with E-state index in [4.69, 9.17) is 18.0 Å². The summed E-state index contributed by atoms with van der Waals surface area (Å²) < 4.78 is 0. The lowest BCUT2D eigenvalue weighted by Gasteiger charge is -2.33. The third-order valence-corrected chi connectivity index (χ3v) is 3.16. The average molecular weight is 204 g/mol. The number of thiocarbonyl (C=S) groups is 1. The van der Waals surface area contributed by atoms with Crippen LogP contribution in [0.5, 0.6) is 0 Å². The van der Waals surface area contributed by atoms with E-state index in [-0.39, 0.29) is 11.9 Å². The van der Waals surface area contributed by atoms with Crippen LogP contribution in [-0.4, -0.2) is 39.9 Å². The fourth-order valence-corrected chi connectivity index (χ4v) is 2.61. The van der Waals surface area contributed by atoms with Crippen LogP contribution in [-0.2, 0) is 4.79 Å². The van der Waals surface area contributed by atoms with Crippen LogP contribution in [0.1, 0.15) is 6.92 Å². The van der Waals surface area contributed by atoms with Crippen molar-refractivity contribution in [3.8, 4) is 0 Å². The molecule has 1 aliphatic heterocycles. The first-order chi connectivity index (χ1) is 5.63. The topological polar surface area (TPSA) is 46.3 Å². The zero-order valence-corrected chi connectivity index (χ0v) is 8.58. The van der Waals surface area contributed by atoms with E-state index in [2.05, 4.69) is 0 Å². The molecule has 12 heavy (non-hydrogen) atoms. The lowest BCUT2D eigenvalue weighted by atomic mass is 10.2. The van der Waals surface area contributed by atoms with Gasteiger partial charge in [0.05, 0.1) is 11.0 Å². The van der Waals surface area contributed by atoms with Crippen LogP contribution in [0.25, 0.3) is 0 Å². The lowest BCUT2D eigenvalue weighted by Crippen LogP contribution is -2.51. The van der Waals surface area contributed by atoms with E-state index in [0.717, 1.165) is 18.1 Å². The van der Waals surface area contributed by atoms with E-state index in [1.165, 1.54) is 0 Å². The number of hydrogen-bond acceptors (Lipinski definition) is 3. The van der Waals surface area contributed by atoms with Gasteiger partial charge in [-0.25, -0.2) is 0 Å². The Morgan fingerprint density at radius 1 is 1.75 bits per heavy atom. The van der Waals surface area contributed by atoms with Crippen molar-refractivity contribution in [2.24, 2.45) is 5.73 Å². The molecule has 1 saturated heterocycles. The minimum Gasteiger partial charge on any atom is -0.392 e. The number of rotatable bonds is 1. The molecule has 0 bridgehead atoms. The van der Waals surface area contributed by atoms with Gasteiger partial charge in [0, 0.05) is 25.0 Å². The fraction of sp³-hybridized carbons (Fsp3) is 0.714. The second kappa shape index (κ2) is 4.09. The highest BCUT2D eigenvalue weighted by atomic mass is 32.2. The molecule has 1 fully saturated rings. The SMILES string of the molecule is CC(=O)N1CCSCC1C(N)=S. The number of hydrogen-bond donors (Lipinski definition) is 1. The first kappa shape index (κ1) is 9.80. The Balaban J connectivity index is 2.67. The van der Waals surface area contributed by atoms with Gasteiger partial charge in [-0.3, -0.25) is 4.79 Å². The molecular formula is C7H12N2OS2. The first-order valence-corrected chi connectivity index (χ1v) is 5.33. The summed E-state index contributed by atoms with van der Waals surface area (Å²) in [6.45, 7) is 2.32. The van der Waals surface area contributed by atoms with Gasteiger partial charge in [0.15, 0.2) is 0 Å². The fourth-order valence-electron chi connectivity index (χ4n) is 1.22. The van der Waals surface area contributed by atoms with Crippen LogP contribution in [0.4, 0.5) is 0 Å². The molecule has 0 radical (unpaired) electrons. The highest BCUT2D eigenvalue weighted by Crippen LogP contribution is 2.16. The molecule has 68 valence electrons. The van der Waals surface area contributed by atoms with E-state index >= 15 is 0 Å². The van der Waals surface area contributed by atoms with Gasteiger partial charge < -0.3 is 10.6 Å². The Bertz CT molecular complexity index is 186. The van der Waals surface area contributed by atoms with E-state index < -0.39 is 0 Å². The van der Waals surface area contributed by atoms with Crippen LogP contribution >= 0.6 is 24.0 Å². The molecule has 0 aromatic rings. The maximum Gasteiger partial charge on any atom is 0.220 e. The summed E-state index contributed by atoms with van der Waals surface area (Å²) in [7, 11) is 0. The van der Waals surface area contributed by atoms with Gasteiger partial charge in [-0.05, 0) is 0 Å². The summed E-state index contributed by atoms with van der Waals surface area (Å²) in [5.41, 5.74) is 5.52. The smallest absolute Gasteiger partial charge is 0.220 e. The minimum absolute atomic E-state index is 0.0313. The molecule has 0 aromatic heterocycles. The molecule has 1 aliphatic rings. The van der Waals surface area contributed by atoms with Crippen molar-refractivity contribution >= 4 is 34.9 Å². The van der Waals surface area contributed by atoms with E-state index in [0.29, 0.717) is 4.99 Å². The monoisotopic (exact) mass is 204 g/mol. The van der Waals surface area contributed by atoms with E-state index in [9.17, 15) is 4.79 Å². The summed E-state index contributed by atoms with van der Waals surface area (Å²) in [6.07, 6.45) is 0. The third kappa shape index (κ3) is 2.10. The zero-order valence-electron chi connectivity index (χ0n) is 6.95. The highest BCUT2D eigenvalue weighted by molar-refractivity contribution is 7.99. The number of thioether (sulfide) groups is 1. The van der Waals surface area contributed by atoms with Crippen LogP contribution in [0.2, 0.25) is 0 Å². The van der Waals surface area contributed by atoms with E-state index in [1.807, 2.05) is 0 Å². The first-order valence-electron chi connectivity index (χ1n) is 3.77. The highest BCUT2D eigenvalue weighted by Gasteiger charge is 2.26. The van der Waals surface area contributed by atoms with Crippen molar-refractivity contribution in [3.05, 3.63) is 0 Å². The Labute approximate surface area is 81.7 Å². The summed E-state index contributed by atoms with van der Waals surface area (Å²) >= 11 is 6.67. The molecule has 1 amide bonds. The second-order valence-corrected chi connectivity index (χ2v) is 4.33. The molecule has 0 aromatic carbocycles. The standard InChI is InChI=1S/C7H12N2OS2/c1-5(10)9-2-3-12-4-6(9)7(8)11/h6H,2-4H2,1H3,(H2,8,11). The largest absolute Gasteiger partial charge is 0.392 e. The second-order valence-electron chi connectivity index (χ2n) is 2.71. The van der Waals surface area contributed by atoms with Crippen LogP contribution in [0, 0.1) is 0 Å². The molecule has 0 aliphatic carbocycles. The predicted molar refractivity (Wildman–Crippen MR) is 55.3 cm³/mol.